The summed E-state index contributed by atoms with van der Waals surface area (Å²) in [6.07, 6.45) is -0.819. The molecule has 1 aliphatic rings. The van der Waals surface area contributed by atoms with Gasteiger partial charge in [-0.3, -0.25) is 0 Å². The number of nitrogens with two attached hydrogens (primary N) is 1. The molecule has 230 valence electrons. The Kier molecular flexibility index (Phi) is 7.96. The monoisotopic (exact) mass is 621 g/mol. The van der Waals surface area contributed by atoms with Gasteiger partial charge in [-0.2, -0.15) is 4.98 Å². The third-order valence-electron chi connectivity index (χ3n) is 7.85. The van der Waals surface area contributed by atoms with Crippen LogP contribution < -0.4 is 16.4 Å². The van der Waals surface area contributed by atoms with Crippen molar-refractivity contribution < 1.29 is 32.9 Å². The Balaban J connectivity index is 1.59. The number of nitrogens with one attached hydrogen (secondary N) is 2. The number of halogens is 4. The number of fused-ring (bicyclic) bond motifs is 1. The van der Waals surface area contributed by atoms with E-state index in [4.69, 9.17) is 5.73 Å². The average molecular weight is 622 g/mol. The van der Waals surface area contributed by atoms with Crippen LogP contribution in [0.5, 0.6) is 0 Å². The van der Waals surface area contributed by atoms with Gasteiger partial charge in [-0.25, -0.2) is 32.5 Å². The summed E-state index contributed by atoms with van der Waals surface area (Å²) in [6.45, 7) is 6.94. The molecule has 5 rings (SSSR count). The van der Waals surface area contributed by atoms with Crippen LogP contribution in [0.4, 0.5) is 35.1 Å². The molecule has 5 atom stereocenters. The number of aliphatic hydroxyl groups is 3. The van der Waals surface area contributed by atoms with Crippen LogP contribution >= 0.6 is 11.3 Å². The van der Waals surface area contributed by atoms with Gasteiger partial charge in [0, 0.05) is 17.7 Å². The van der Waals surface area contributed by atoms with Gasteiger partial charge in [0.1, 0.15) is 22.4 Å². The zero-order valence-corrected chi connectivity index (χ0v) is 24.7. The van der Waals surface area contributed by atoms with Gasteiger partial charge in [0.25, 0.3) is 0 Å². The standard InChI is InChI=1S/C28H31F4N7O3S/c1-9-17(29)19(31)15(20(32)18(9)30)10(2)35-27-36-11(3)16(26-38-21-14(43-26)6-7-34-24(21)33)25(39-27)37-13-8-12(28(4,5)42)22(40)23(13)41/h6-7,10,12-13,22-23,40-42H,8H2,1-5H3,(H2,33,34)(H2,35,36,37,39)/t10-,12+,13-,22-,23+/m1/s1. The quantitative estimate of drug-likeness (QED) is 0.129. The van der Waals surface area contributed by atoms with E-state index in [0.717, 1.165) is 11.6 Å². The van der Waals surface area contributed by atoms with E-state index < -0.39 is 70.2 Å². The Bertz CT molecular complexity index is 1690. The maximum Gasteiger partial charge on any atom is 0.225 e. The average Bonchev–Trinajstić information content (AvgIpc) is 3.48. The first-order valence-electron chi connectivity index (χ1n) is 13.4. The van der Waals surface area contributed by atoms with Crippen molar-refractivity contribution in [1.29, 1.82) is 0 Å². The fraction of sp³-hybridized carbons (Fsp3) is 0.429. The van der Waals surface area contributed by atoms with Gasteiger partial charge in [-0.05, 0) is 47.1 Å². The second-order valence-corrected chi connectivity index (χ2v) is 12.3. The largest absolute Gasteiger partial charge is 0.390 e. The van der Waals surface area contributed by atoms with Crippen molar-refractivity contribution in [2.45, 2.75) is 70.9 Å². The predicted octanol–water partition coefficient (Wildman–Crippen LogP) is 4.37. The number of nitrogen functional groups attached to an aromatic ring is 1. The highest BCUT2D eigenvalue weighted by Gasteiger charge is 2.48. The van der Waals surface area contributed by atoms with Crippen LogP contribution in [0.15, 0.2) is 12.3 Å². The molecule has 3 aromatic heterocycles. The lowest BCUT2D eigenvalue weighted by molar-refractivity contribution is -0.0601. The second kappa shape index (κ2) is 11.1. The van der Waals surface area contributed by atoms with Crippen LogP contribution in [0.2, 0.25) is 0 Å². The smallest absolute Gasteiger partial charge is 0.225 e. The molecule has 4 aromatic rings. The van der Waals surface area contributed by atoms with Crippen molar-refractivity contribution in [3.63, 3.8) is 0 Å². The van der Waals surface area contributed by atoms with E-state index in [1.165, 1.54) is 32.1 Å². The maximum atomic E-state index is 14.7. The molecule has 1 fully saturated rings. The van der Waals surface area contributed by atoms with E-state index in [9.17, 15) is 32.9 Å². The third kappa shape index (κ3) is 5.46. The van der Waals surface area contributed by atoms with E-state index in [1.807, 2.05) is 0 Å². The summed E-state index contributed by atoms with van der Waals surface area (Å²) in [5.74, 6) is -6.55. The molecule has 1 aromatic carbocycles. The number of hydrogen-bond acceptors (Lipinski definition) is 11. The van der Waals surface area contributed by atoms with E-state index >= 15 is 0 Å². The van der Waals surface area contributed by atoms with Crippen LogP contribution in [-0.2, 0) is 0 Å². The lowest BCUT2D eigenvalue weighted by Crippen LogP contribution is -2.40. The normalized spacial score (nSPS) is 21.4. The molecule has 1 aliphatic carbocycles. The fourth-order valence-electron chi connectivity index (χ4n) is 5.44. The molecule has 0 radical (unpaired) electrons. The zero-order chi connectivity index (χ0) is 31.5. The number of thiazole rings is 1. The molecule has 0 spiro atoms. The van der Waals surface area contributed by atoms with Crippen molar-refractivity contribution in [3.8, 4) is 10.6 Å². The first kappa shape index (κ1) is 30.8. The van der Waals surface area contributed by atoms with E-state index in [0.29, 0.717) is 21.8 Å². The van der Waals surface area contributed by atoms with Crippen LogP contribution in [0, 0.1) is 43.0 Å². The summed E-state index contributed by atoms with van der Waals surface area (Å²) in [7, 11) is 0. The third-order valence-corrected chi connectivity index (χ3v) is 8.88. The Labute approximate surface area is 248 Å². The number of aromatic nitrogens is 4. The van der Waals surface area contributed by atoms with Gasteiger partial charge >= 0.3 is 0 Å². The number of rotatable bonds is 7. The highest BCUT2D eigenvalue weighted by Crippen LogP contribution is 2.41. The van der Waals surface area contributed by atoms with Crippen LogP contribution in [-0.4, -0.2) is 59.1 Å². The fourth-order valence-corrected chi connectivity index (χ4v) is 6.51. The van der Waals surface area contributed by atoms with Gasteiger partial charge in [-0.1, -0.05) is 0 Å². The summed E-state index contributed by atoms with van der Waals surface area (Å²) >= 11 is 1.28. The highest BCUT2D eigenvalue weighted by molar-refractivity contribution is 7.21. The van der Waals surface area contributed by atoms with E-state index in [2.05, 4.69) is 30.6 Å². The molecular weight excluding hydrogens is 590 g/mol. The van der Waals surface area contributed by atoms with Gasteiger partial charge < -0.3 is 31.7 Å². The molecule has 3 heterocycles. The Morgan fingerprint density at radius 1 is 1.02 bits per heavy atom. The molecule has 0 amide bonds. The molecule has 0 saturated heterocycles. The first-order valence-corrected chi connectivity index (χ1v) is 14.3. The van der Waals surface area contributed by atoms with Gasteiger partial charge in [-0.15, -0.1) is 11.3 Å². The number of aliphatic hydroxyl groups excluding tert-OH is 2. The Morgan fingerprint density at radius 3 is 2.26 bits per heavy atom. The lowest BCUT2D eigenvalue weighted by Gasteiger charge is -2.28. The minimum absolute atomic E-state index is 0.141. The summed E-state index contributed by atoms with van der Waals surface area (Å²) in [4.78, 5) is 17.6. The number of benzene rings is 1. The molecule has 1 saturated carbocycles. The van der Waals surface area contributed by atoms with Crippen molar-refractivity contribution in [2.75, 3.05) is 16.4 Å². The SMILES string of the molecule is Cc1nc(N[C@H](C)c2c(F)c(F)c(C)c(F)c2F)nc(N[C@@H]2C[C@H](C(C)(C)O)[C@@H](O)[C@H]2O)c1-c1nc2c(N)nccc2s1. The molecule has 43 heavy (non-hydrogen) atoms. The van der Waals surface area contributed by atoms with Crippen LogP contribution in [0.1, 0.15) is 50.1 Å². The van der Waals surface area contributed by atoms with Crippen molar-refractivity contribution >= 4 is 39.1 Å². The highest BCUT2D eigenvalue weighted by atomic mass is 32.1. The molecule has 0 bridgehead atoms. The number of pyridine rings is 1. The van der Waals surface area contributed by atoms with Crippen LogP contribution in [0.3, 0.4) is 0 Å². The van der Waals surface area contributed by atoms with Crippen molar-refractivity contribution in [3.05, 3.63) is 52.4 Å². The summed E-state index contributed by atoms with van der Waals surface area (Å²) in [5, 5.41) is 38.4. The Hall–Kier alpha value is -3.66. The summed E-state index contributed by atoms with van der Waals surface area (Å²) < 4.78 is 58.8. The zero-order valence-electron chi connectivity index (χ0n) is 23.9. The number of nitrogens with zero attached hydrogens (tertiary/aromatic N) is 4. The number of aryl methyl sites for hydroxylation is 1. The lowest BCUT2D eigenvalue weighted by atomic mass is 9.88. The van der Waals surface area contributed by atoms with Gasteiger partial charge in [0.15, 0.2) is 29.1 Å². The number of hydrogen-bond donors (Lipinski definition) is 6. The van der Waals surface area contributed by atoms with Crippen molar-refractivity contribution in [1.82, 2.24) is 19.9 Å². The minimum atomic E-state index is -1.54. The molecule has 0 unspecified atom stereocenters. The second-order valence-electron chi connectivity index (χ2n) is 11.3. The van der Waals surface area contributed by atoms with E-state index in [1.54, 1.807) is 19.2 Å². The van der Waals surface area contributed by atoms with Crippen LogP contribution in [0.25, 0.3) is 20.8 Å². The van der Waals surface area contributed by atoms with E-state index in [-0.39, 0.29) is 24.0 Å². The topological polar surface area (TPSA) is 162 Å². The Morgan fingerprint density at radius 2 is 1.67 bits per heavy atom. The molecule has 0 aliphatic heterocycles. The molecular formula is C28H31F4N7O3S. The predicted molar refractivity (Wildman–Crippen MR) is 154 cm³/mol. The summed E-state index contributed by atoms with van der Waals surface area (Å²) in [5.41, 5.74) is 4.30. The minimum Gasteiger partial charge on any atom is -0.390 e. The first-order chi connectivity index (χ1) is 20.1. The van der Waals surface area contributed by atoms with Gasteiger partial charge in [0.2, 0.25) is 5.95 Å². The maximum absolute atomic E-state index is 14.7. The molecule has 7 N–H and O–H groups in total. The van der Waals surface area contributed by atoms with Crippen molar-refractivity contribution in [2.24, 2.45) is 5.92 Å². The van der Waals surface area contributed by atoms with Gasteiger partial charge in [0.05, 0.1) is 45.3 Å². The molecule has 15 heteroatoms. The summed E-state index contributed by atoms with van der Waals surface area (Å²) in [6, 6.07) is -0.350. The molecule has 10 nitrogen and oxygen atoms in total. The number of anilines is 3.